The van der Waals surface area contributed by atoms with Crippen molar-refractivity contribution in [2.75, 3.05) is 14.2 Å². The molecule has 13 nitrogen and oxygen atoms in total. The first kappa shape index (κ1) is 28.9. The summed E-state index contributed by atoms with van der Waals surface area (Å²) in [5, 5.41) is 24.1. The molecule has 1 aliphatic rings. The highest BCUT2D eigenvalue weighted by Crippen LogP contribution is 2.40. The number of nitrogens with one attached hydrogen (secondary N) is 1. The molecule has 2 heterocycles. The van der Waals surface area contributed by atoms with E-state index < -0.39 is 27.5 Å². The first-order valence-electron chi connectivity index (χ1n) is 13.7. The van der Waals surface area contributed by atoms with Gasteiger partial charge in [0.2, 0.25) is 21.7 Å². The van der Waals surface area contributed by atoms with Crippen LogP contribution >= 0.6 is 0 Å². The SMILES string of the molecule is COc1ccc(Cn2nc(C3CC3)nc2-c2nnc(C(=O)NS(=O)(=O)Cc3ccccc3)n2-c2c(O)cccc2OC)cc1. The first-order valence-corrected chi connectivity index (χ1v) is 15.4. The number of carbonyl (C=O) groups excluding carboxylic acids is 1. The Kier molecular flexibility index (Phi) is 7.74. The maximum absolute atomic E-state index is 13.6. The van der Waals surface area contributed by atoms with Crippen molar-refractivity contribution in [3.8, 4) is 34.6 Å². The average Bonchev–Trinajstić information content (AvgIpc) is 3.64. The van der Waals surface area contributed by atoms with Crippen molar-refractivity contribution in [1.82, 2.24) is 34.3 Å². The van der Waals surface area contributed by atoms with Gasteiger partial charge in [-0.1, -0.05) is 48.5 Å². The zero-order valence-corrected chi connectivity index (χ0v) is 24.7. The highest BCUT2D eigenvalue weighted by Gasteiger charge is 2.33. The van der Waals surface area contributed by atoms with Gasteiger partial charge in [-0.15, -0.1) is 10.2 Å². The molecule has 2 N–H and O–H groups in total. The summed E-state index contributed by atoms with van der Waals surface area (Å²) < 4.78 is 41.7. The molecule has 1 amide bonds. The second-order valence-corrected chi connectivity index (χ2v) is 12.0. The Bertz CT molecular complexity index is 1920. The van der Waals surface area contributed by atoms with E-state index >= 15 is 0 Å². The Morgan fingerprint density at radius 3 is 2.36 bits per heavy atom. The third kappa shape index (κ3) is 5.97. The van der Waals surface area contributed by atoms with E-state index in [1.54, 1.807) is 54.3 Å². The van der Waals surface area contributed by atoms with Crippen molar-refractivity contribution in [3.63, 3.8) is 0 Å². The number of nitrogens with zero attached hydrogens (tertiary/aromatic N) is 6. The van der Waals surface area contributed by atoms with Crippen LogP contribution in [0.25, 0.3) is 17.3 Å². The van der Waals surface area contributed by atoms with Crippen LogP contribution in [0.3, 0.4) is 0 Å². The van der Waals surface area contributed by atoms with Gasteiger partial charge in [-0.25, -0.2) is 22.8 Å². The van der Waals surface area contributed by atoms with Gasteiger partial charge in [-0.2, -0.15) is 5.10 Å². The van der Waals surface area contributed by atoms with Crippen molar-refractivity contribution in [2.24, 2.45) is 0 Å². The van der Waals surface area contributed by atoms with E-state index in [1.807, 2.05) is 24.3 Å². The molecule has 0 unspecified atom stereocenters. The summed E-state index contributed by atoms with van der Waals surface area (Å²) >= 11 is 0. The fraction of sp³-hybridized carbons (Fsp3) is 0.233. The van der Waals surface area contributed by atoms with E-state index in [1.165, 1.54) is 17.7 Å². The molecular weight excluding hydrogens is 586 g/mol. The average molecular weight is 616 g/mol. The van der Waals surface area contributed by atoms with Gasteiger partial charge in [0.15, 0.2) is 11.6 Å². The summed E-state index contributed by atoms with van der Waals surface area (Å²) in [6, 6.07) is 20.5. The van der Waals surface area contributed by atoms with Crippen LogP contribution in [0.1, 0.15) is 46.3 Å². The number of sulfonamides is 1. The van der Waals surface area contributed by atoms with Crippen LogP contribution in [0, 0.1) is 0 Å². The number of phenols is 1. The van der Waals surface area contributed by atoms with E-state index in [0.29, 0.717) is 23.7 Å². The summed E-state index contributed by atoms with van der Waals surface area (Å²) in [6.45, 7) is 0.302. The zero-order chi connectivity index (χ0) is 30.8. The molecule has 3 aromatic carbocycles. The minimum absolute atomic E-state index is 0.0348. The molecule has 0 saturated heterocycles. The van der Waals surface area contributed by atoms with Gasteiger partial charge < -0.3 is 14.6 Å². The van der Waals surface area contributed by atoms with Crippen LogP contribution in [-0.2, 0) is 22.3 Å². The predicted molar refractivity (Wildman–Crippen MR) is 159 cm³/mol. The third-order valence-electron chi connectivity index (χ3n) is 7.06. The molecule has 226 valence electrons. The Morgan fingerprint density at radius 2 is 1.68 bits per heavy atom. The number of methoxy groups -OCH3 is 2. The first-order chi connectivity index (χ1) is 21.3. The van der Waals surface area contributed by atoms with Crippen molar-refractivity contribution < 1.29 is 27.8 Å². The van der Waals surface area contributed by atoms with Gasteiger partial charge in [0, 0.05) is 5.92 Å². The van der Waals surface area contributed by atoms with Crippen LogP contribution < -0.4 is 14.2 Å². The molecule has 0 spiro atoms. The van der Waals surface area contributed by atoms with Crippen LogP contribution in [0.4, 0.5) is 0 Å². The number of phenolic OH excluding ortho intramolecular Hbond substituents is 1. The molecule has 0 bridgehead atoms. The highest BCUT2D eigenvalue weighted by molar-refractivity contribution is 7.89. The minimum atomic E-state index is -4.13. The predicted octanol–water partition coefficient (Wildman–Crippen LogP) is 3.43. The normalized spacial score (nSPS) is 13.0. The lowest BCUT2D eigenvalue weighted by atomic mass is 10.2. The van der Waals surface area contributed by atoms with Crippen LogP contribution in [-0.4, -0.2) is 63.2 Å². The lowest BCUT2D eigenvalue weighted by Gasteiger charge is -2.15. The molecule has 44 heavy (non-hydrogen) atoms. The summed E-state index contributed by atoms with van der Waals surface area (Å²) in [4.78, 5) is 18.3. The maximum Gasteiger partial charge on any atom is 0.303 e. The van der Waals surface area contributed by atoms with E-state index in [0.717, 1.165) is 18.4 Å². The Morgan fingerprint density at radius 1 is 0.932 bits per heavy atom. The third-order valence-corrected chi connectivity index (χ3v) is 8.27. The Labute approximate surface area is 253 Å². The number of ether oxygens (including phenoxy) is 2. The van der Waals surface area contributed by atoms with Crippen molar-refractivity contribution in [1.29, 1.82) is 0 Å². The van der Waals surface area contributed by atoms with Crippen molar-refractivity contribution >= 4 is 15.9 Å². The number of hydrogen-bond acceptors (Lipinski definition) is 10. The summed E-state index contributed by atoms with van der Waals surface area (Å²) in [6.07, 6.45) is 1.89. The van der Waals surface area contributed by atoms with Gasteiger partial charge in [0.05, 0.1) is 26.5 Å². The van der Waals surface area contributed by atoms with E-state index in [-0.39, 0.29) is 34.8 Å². The fourth-order valence-electron chi connectivity index (χ4n) is 4.76. The molecule has 0 atom stereocenters. The second kappa shape index (κ2) is 11.8. The highest BCUT2D eigenvalue weighted by atomic mass is 32.2. The maximum atomic E-state index is 13.6. The van der Waals surface area contributed by atoms with E-state index in [9.17, 15) is 18.3 Å². The van der Waals surface area contributed by atoms with Gasteiger partial charge >= 0.3 is 5.91 Å². The molecule has 0 radical (unpaired) electrons. The number of benzene rings is 3. The lowest BCUT2D eigenvalue weighted by molar-refractivity contribution is 0.0969. The number of hydrogen-bond donors (Lipinski definition) is 2. The number of para-hydroxylation sites is 1. The van der Waals surface area contributed by atoms with Gasteiger partial charge in [0.1, 0.15) is 22.9 Å². The number of amides is 1. The quantitative estimate of drug-likeness (QED) is 0.225. The van der Waals surface area contributed by atoms with E-state index in [4.69, 9.17) is 19.6 Å². The molecule has 2 aromatic heterocycles. The van der Waals surface area contributed by atoms with Crippen LogP contribution in [0.5, 0.6) is 17.2 Å². The van der Waals surface area contributed by atoms with Crippen LogP contribution in [0.2, 0.25) is 0 Å². The molecule has 14 heteroatoms. The van der Waals surface area contributed by atoms with Gasteiger partial charge in [-0.05, 0) is 48.2 Å². The Balaban J connectivity index is 1.46. The lowest BCUT2D eigenvalue weighted by Crippen LogP contribution is -2.33. The number of rotatable bonds is 11. The summed E-state index contributed by atoms with van der Waals surface area (Å²) in [5.74, 6) is -0.105. The molecule has 0 aliphatic heterocycles. The summed E-state index contributed by atoms with van der Waals surface area (Å²) in [7, 11) is -1.14. The molecule has 5 aromatic rings. The second-order valence-electron chi connectivity index (χ2n) is 10.3. The Hall–Kier alpha value is -5.24. The molecule has 1 fully saturated rings. The summed E-state index contributed by atoms with van der Waals surface area (Å²) in [5.41, 5.74) is 1.43. The number of carbonyl (C=O) groups is 1. The molecule has 1 aliphatic carbocycles. The van der Waals surface area contributed by atoms with Gasteiger partial charge in [-0.3, -0.25) is 9.36 Å². The largest absolute Gasteiger partial charge is 0.506 e. The van der Waals surface area contributed by atoms with Gasteiger partial charge in [0.25, 0.3) is 0 Å². The fourth-order valence-corrected chi connectivity index (χ4v) is 5.84. The standard InChI is InChI=1S/C30H29N7O6S/c1-42-22-15-11-19(12-16-22)17-36-27(31-26(34-36)21-13-14-21)28-32-33-29(37(28)25-23(38)9-6-10-24(25)43-2)30(39)35-44(40,41)18-20-7-4-3-5-8-20/h3-12,15-16,21,38H,13-14,17-18H2,1-2H3,(H,35,39). The van der Waals surface area contributed by atoms with E-state index in [2.05, 4.69) is 14.9 Å². The molecular formula is C30H29N7O6S. The van der Waals surface area contributed by atoms with Crippen LogP contribution in [0.15, 0.2) is 72.8 Å². The van der Waals surface area contributed by atoms with Crippen molar-refractivity contribution in [2.45, 2.75) is 31.1 Å². The smallest absolute Gasteiger partial charge is 0.303 e. The topological polar surface area (TPSA) is 163 Å². The zero-order valence-electron chi connectivity index (χ0n) is 23.9. The monoisotopic (exact) mass is 615 g/mol. The van der Waals surface area contributed by atoms with Crippen molar-refractivity contribution in [3.05, 3.63) is 95.6 Å². The molecule has 1 saturated carbocycles. The molecule has 6 rings (SSSR count). The number of aromatic nitrogens is 6. The number of aromatic hydroxyl groups is 1. The minimum Gasteiger partial charge on any atom is -0.506 e.